The van der Waals surface area contributed by atoms with Crippen molar-refractivity contribution in [1.29, 1.82) is 0 Å². The number of hydrogen-bond acceptors (Lipinski definition) is 2. The van der Waals surface area contributed by atoms with E-state index >= 15 is 0 Å². The maximum absolute atomic E-state index is 5.97. The molecule has 0 aromatic carbocycles. The Morgan fingerprint density at radius 3 is 2.33 bits per heavy atom. The Morgan fingerprint density at radius 2 is 1.93 bits per heavy atom. The van der Waals surface area contributed by atoms with Crippen molar-refractivity contribution < 1.29 is 9.31 Å². The van der Waals surface area contributed by atoms with Crippen LogP contribution in [-0.2, 0) is 9.31 Å². The maximum atomic E-state index is 5.97. The summed E-state index contributed by atoms with van der Waals surface area (Å²) in [6.07, 6.45) is 3.04. The fraction of sp³-hybridized carbons (Fsp3) is 0.833. The van der Waals surface area contributed by atoms with Gasteiger partial charge in [-0.25, -0.2) is 0 Å². The molecule has 0 fully saturated rings. The molecule has 1 aliphatic rings. The Hall–Kier alpha value is -0.435. The molecule has 0 amide bonds. The third kappa shape index (κ3) is 2.78. The number of allylic oxidation sites excluding steroid dienone is 1. The molecule has 86 valence electrons. The SMILES string of the molecule is CCB1OC(C(C)C)=CC(C)(C(C)C)O1. The predicted octanol–water partition coefficient (Wildman–Crippen LogP) is 3.50. The topological polar surface area (TPSA) is 18.5 Å². The molecule has 15 heavy (non-hydrogen) atoms. The highest BCUT2D eigenvalue weighted by molar-refractivity contribution is 6.45. The summed E-state index contributed by atoms with van der Waals surface area (Å²) in [7, 11) is -0.0835. The zero-order chi connectivity index (χ0) is 11.6. The highest BCUT2D eigenvalue weighted by Gasteiger charge is 2.38. The molecule has 0 N–H and O–H groups in total. The zero-order valence-electron chi connectivity index (χ0n) is 10.8. The lowest BCUT2D eigenvalue weighted by Crippen LogP contribution is -2.44. The lowest BCUT2D eigenvalue weighted by Gasteiger charge is -2.39. The van der Waals surface area contributed by atoms with Gasteiger partial charge in [-0.1, -0.05) is 34.6 Å². The van der Waals surface area contributed by atoms with Crippen molar-refractivity contribution in [2.24, 2.45) is 11.8 Å². The largest absolute Gasteiger partial charge is 0.539 e. The third-order valence-corrected chi connectivity index (χ3v) is 3.13. The molecule has 0 saturated heterocycles. The standard InChI is InChI=1S/C12H23BO2/c1-7-13-14-11(9(2)3)8-12(6,15-13)10(4)5/h8-10H,7H2,1-6H3. The van der Waals surface area contributed by atoms with E-state index < -0.39 is 0 Å². The predicted molar refractivity (Wildman–Crippen MR) is 64.6 cm³/mol. The van der Waals surface area contributed by atoms with E-state index in [0.717, 1.165) is 12.1 Å². The van der Waals surface area contributed by atoms with Gasteiger partial charge in [0.2, 0.25) is 0 Å². The van der Waals surface area contributed by atoms with Crippen LogP contribution in [0.1, 0.15) is 41.5 Å². The normalized spacial score (nSPS) is 26.9. The van der Waals surface area contributed by atoms with Crippen molar-refractivity contribution in [2.75, 3.05) is 0 Å². The molecule has 0 aromatic rings. The van der Waals surface area contributed by atoms with E-state index in [0.29, 0.717) is 11.8 Å². The summed E-state index contributed by atoms with van der Waals surface area (Å²) in [4.78, 5) is 0. The molecule has 1 atom stereocenters. The van der Waals surface area contributed by atoms with Crippen LogP contribution in [0, 0.1) is 11.8 Å². The van der Waals surface area contributed by atoms with Crippen molar-refractivity contribution in [1.82, 2.24) is 0 Å². The molecule has 0 aromatic heterocycles. The lowest BCUT2D eigenvalue weighted by molar-refractivity contribution is 0.0367. The Kier molecular flexibility index (Phi) is 3.88. The number of hydrogen-bond donors (Lipinski definition) is 0. The molecule has 0 spiro atoms. The van der Waals surface area contributed by atoms with Gasteiger partial charge in [-0.2, -0.15) is 0 Å². The first-order valence-corrected chi connectivity index (χ1v) is 5.96. The van der Waals surface area contributed by atoms with Crippen LogP contribution in [0.5, 0.6) is 0 Å². The summed E-state index contributed by atoms with van der Waals surface area (Å²) in [5, 5.41) is 0. The summed E-state index contributed by atoms with van der Waals surface area (Å²) in [5.74, 6) is 1.97. The Bertz CT molecular complexity index is 248. The Balaban J connectivity index is 2.94. The summed E-state index contributed by atoms with van der Waals surface area (Å²) in [6, 6.07) is 0. The van der Waals surface area contributed by atoms with E-state index in [1.165, 1.54) is 0 Å². The molecule has 0 radical (unpaired) electrons. The lowest BCUT2D eigenvalue weighted by atomic mass is 9.78. The second-order valence-corrected chi connectivity index (χ2v) is 5.11. The molecule has 1 unspecified atom stereocenters. The molecular formula is C12H23BO2. The molecule has 1 aliphatic heterocycles. The van der Waals surface area contributed by atoms with Crippen LogP contribution in [0.3, 0.4) is 0 Å². The van der Waals surface area contributed by atoms with E-state index in [4.69, 9.17) is 9.31 Å². The second kappa shape index (κ2) is 4.61. The minimum absolute atomic E-state index is 0.0835. The summed E-state index contributed by atoms with van der Waals surface area (Å²) in [6.45, 7) is 12.9. The van der Waals surface area contributed by atoms with Gasteiger partial charge in [0.25, 0.3) is 0 Å². The van der Waals surface area contributed by atoms with Crippen molar-refractivity contribution in [3.05, 3.63) is 11.8 Å². The molecule has 1 rings (SSSR count). The first-order chi connectivity index (χ1) is 6.89. The smallest absolute Gasteiger partial charge is 0.525 e. The van der Waals surface area contributed by atoms with Gasteiger partial charge >= 0.3 is 7.12 Å². The molecule has 0 aliphatic carbocycles. The first-order valence-electron chi connectivity index (χ1n) is 5.96. The van der Waals surface area contributed by atoms with Crippen LogP contribution in [0.2, 0.25) is 6.32 Å². The fourth-order valence-electron chi connectivity index (χ4n) is 1.58. The Morgan fingerprint density at radius 1 is 1.33 bits per heavy atom. The van der Waals surface area contributed by atoms with E-state index in [2.05, 4.69) is 47.6 Å². The van der Waals surface area contributed by atoms with Crippen LogP contribution in [-0.4, -0.2) is 12.7 Å². The summed E-state index contributed by atoms with van der Waals surface area (Å²) in [5.41, 5.74) is -0.182. The fourth-order valence-corrected chi connectivity index (χ4v) is 1.58. The van der Waals surface area contributed by atoms with E-state index in [-0.39, 0.29) is 12.7 Å². The molecule has 2 nitrogen and oxygen atoms in total. The minimum Gasteiger partial charge on any atom is -0.539 e. The van der Waals surface area contributed by atoms with Gasteiger partial charge in [0.05, 0.1) is 11.4 Å². The quantitative estimate of drug-likeness (QED) is 0.663. The average molecular weight is 210 g/mol. The van der Waals surface area contributed by atoms with Gasteiger partial charge in [-0.3, -0.25) is 0 Å². The second-order valence-electron chi connectivity index (χ2n) is 5.11. The van der Waals surface area contributed by atoms with Crippen LogP contribution in [0.4, 0.5) is 0 Å². The van der Waals surface area contributed by atoms with Crippen molar-refractivity contribution in [3.63, 3.8) is 0 Å². The molecule has 3 heteroatoms. The van der Waals surface area contributed by atoms with E-state index in [1.807, 2.05) is 0 Å². The van der Waals surface area contributed by atoms with Crippen molar-refractivity contribution in [3.8, 4) is 0 Å². The number of rotatable bonds is 3. The van der Waals surface area contributed by atoms with Crippen LogP contribution < -0.4 is 0 Å². The van der Waals surface area contributed by atoms with Crippen LogP contribution in [0.15, 0.2) is 11.8 Å². The summed E-state index contributed by atoms with van der Waals surface area (Å²) >= 11 is 0. The van der Waals surface area contributed by atoms with Crippen molar-refractivity contribution >= 4 is 7.12 Å². The van der Waals surface area contributed by atoms with Crippen molar-refractivity contribution in [2.45, 2.75) is 53.5 Å². The van der Waals surface area contributed by atoms with E-state index in [1.54, 1.807) is 0 Å². The minimum atomic E-state index is -0.182. The monoisotopic (exact) mass is 210 g/mol. The Labute approximate surface area is 94.2 Å². The molecule has 1 heterocycles. The van der Waals surface area contributed by atoms with Gasteiger partial charge in [-0.05, 0) is 25.2 Å². The van der Waals surface area contributed by atoms with Gasteiger partial charge in [0, 0.05) is 5.92 Å². The van der Waals surface area contributed by atoms with Crippen LogP contribution in [0.25, 0.3) is 0 Å². The van der Waals surface area contributed by atoms with Crippen LogP contribution >= 0.6 is 0 Å². The first kappa shape index (κ1) is 12.6. The molecular weight excluding hydrogens is 187 g/mol. The summed E-state index contributed by atoms with van der Waals surface area (Å²) < 4.78 is 11.7. The third-order valence-electron chi connectivity index (χ3n) is 3.13. The highest BCUT2D eigenvalue weighted by atomic mass is 16.6. The average Bonchev–Trinajstić information content (AvgIpc) is 2.16. The van der Waals surface area contributed by atoms with Gasteiger partial charge in [0.1, 0.15) is 0 Å². The molecule has 0 saturated carbocycles. The zero-order valence-corrected chi connectivity index (χ0v) is 10.8. The van der Waals surface area contributed by atoms with Gasteiger partial charge in [0.15, 0.2) is 0 Å². The van der Waals surface area contributed by atoms with E-state index in [9.17, 15) is 0 Å². The molecule has 0 bridgehead atoms. The maximum Gasteiger partial charge on any atom is 0.525 e. The van der Waals surface area contributed by atoms with Gasteiger partial charge < -0.3 is 9.31 Å². The van der Waals surface area contributed by atoms with Gasteiger partial charge in [-0.15, -0.1) is 0 Å². The highest BCUT2D eigenvalue weighted by Crippen LogP contribution is 2.33.